The molecule has 0 atom stereocenters. The van der Waals surface area contributed by atoms with E-state index in [2.05, 4.69) is 10.3 Å². The lowest BCUT2D eigenvalue weighted by Gasteiger charge is -2.18. The van der Waals surface area contributed by atoms with Gasteiger partial charge in [0.2, 0.25) is 0 Å². The monoisotopic (exact) mass is 354 g/mol. The van der Waals surface area contributed by atoms with Gasteiger partial charge in [-0.05, 0) is 32.0 Å². The summed E-state index contributed by atoms with van der Waals surface area (Å²) in [5.41, 5.74) is 1.74. The number of rotatable bonds is 4. The molecule has 4 rings (SSSR count). The Labute approximate surface area is 149 Å². The third-order valence-corrected chi connectivity index (χ3v) is 4.91. The molecule has 0 spiro atoms. The van der Waals surface area contributed by atoms with Gasteiger partial charge >= 0.3 is 0 Å². The van der Waals surface area contributed by atoms with Crippen LogP contribution in [0.4, 0.5) is 5.13 Å². The molecule has 0 bridgehead atoms. The van der Waals surface area contributed by atoms with Crippen molar-refractivity contribution in [3.8, 4) is 11.5 Å². The van der Waals surface area contributed by atoms with Crippen molar-refractivity contribution in [2.45, 2.75) is 25.9 Å². The number of nitrogens with one attached hydrogen (secondary N) is 1. The molecule has 1 aliphatic heterocycles. The van der Waals surface area contributed by atoms with Gasteiger partial charge in [-0.25, -0.2) is 4.98 Å². The average molecular weight is 354 g/mol. The molecule has 6 heteroatoms. The molecule has 2 heterocycles. The predicted molar refractivity (Wildman–Crippen MR) is 98.6 cm³/mol. The number of thiazole rings is 1. The van der Waals surface area contributed by atoms with Crippen molar-refractivity contribution in [2.75, 3.05) is 11.9 Å². The van der Waals surface area contributed by atoms with E-state index in [0.717, 1.165) is 28.0 Å². The van der Waals surface area contributed by atoms with E-state index in [-0.39, 0.29) is 18.1 Å². The summed E-state index contributed by atoms with van der Waals surface area (Å²) in [5, 5.41) is 3.36. The Morgan fingerprint density at radius 1 is 1.28 bits per heavy atom. The molecule has 0 saturated carbocycles. The van der Waals surface area contributed by atoms with E-state index in [9.17, 15) is 4.79 Å². The highest BCUT2D eigenvalue weighted by molar-refractivity contribution is 7.22. The second-order valence-corrected chi connectivity index (χ2v) is 7.64. The second kappa shape index (κ2) is 6.04. The first-order valence-corrected chi connectivity index (χ1v) is 8.91. The predicted octanol–water partition coefficient (Wildman–Crippen LogP) is 4.03. The van der Waals surface area contributed by atoms with E-state index in [1.54, 1.807) is 0 Å². The molecule has 0 radical (unpaired) electrons. The van der Waals surface area contributed by atoms with Crippen LogP contribution >= 0.6 is 11.3 Å². The number of para-hydroxylation sites is 2. The van der Waals surface area contributed by atoms with Crippen LogP contribution in [-0.2, 0) is 11.2 Å². The molecule has 1 N–H and O–H groups in total. The zero-order valence-corrected chi connectivity index (χ0v) is 14.9. The van der Waals surface area contributed by atoms with Gasteiger partial charge in [0.15, 0.2) is 23.2 Å². The highest BCUT2D eigenvalue weighted by Crippen LogP contribution is 2.41. The van der Waals surface area contributed by atoms with Crippen LogP contribution in [0.5, 0.6) is 11.5 Å². The van der Waals surface area contributed by atoms with E-state index in [0.29, 0.717) is 10.9 Å². The lowest BCUT2D eigenvalue weighted by Crippen LogP contribution is -2.25. The van der Waals surface area contributed by atoms with Crippen molar-refractivity contribution in [1.29, 1.82) is 0 Å². The third-order valence-electron chi connectivity index (χ3n) is 3.95. The smallest absolute Gasteiger partial charge is 0.264 e. The maximum Gasteiger partial charge on any atom is 0.264 e. The third kappa shape index (κ3) is 3.30. The topological polar surface area (TPSA) is 60.5 Å². The first-order valence-electron chi connectivity index (χ1n) is 8.09. The fraction of sp³-hybridized carbons (Fsp3) is 0.263. The van der Waals surface area contributed by atoms with Gasteiger partial charge in [-0.2, -0.15) is 0 Å². The summed E-state index contributed by atoms with van der Waals surface area (Å²) in [6, 6.07) is 13.5. The average Bonchev–Trinajstić information content (AvgIpc) is 3.10. The van der Waals surface area contributed by atoms with Crippen molar-refractivity contribution in [1.82, 2.24) is 4.98 Å². The number of anilines is 1. The van der Waals surface area contributed by atoms with Crippen LogP contribution < -0.4 is 14.8 Å². The van der Waals surface area contributed by atoms with Gasteiger partial charge in [0, 0.05) is 12.0 Å². The standard InChI is InChI=1S/C19H18N2O3S/c1-19(2)10-12-6-5-8-14(17(12)24-19)23-11-16(22)21-18-20-13-7-3-4-9-15(13)25-18/h3-9H,10-11H2,1-2H3,(H,20,21,22). The minimum Gasteiger partial charge on any atom is -0.483 e. The summed E-state index contributed by atoms with van der Waals surface area (Å²) in [5.74, 6) is 1.09. The molecule has 0 fully saturated rings. The minimum atomic E-state index is -0.245. The summed E-state index contributed by atoms with van der Waals surface area (Å²) in [4.78, 5) is 16.6. The zero-order chi connectivity index (χ0) is 17.4. The molecule has 3 aromatic rings. The van der Waals surface area contributed by atoms with Crippen LogP contribution in [0.2, 0.25) is 0 Å². The first-order chi connectivity index (χ1) is 12.0. The van der Waals surface area contributed by atoms with E-state index in [1.165, 1.54) is 11.3 Å². The minimum absolute atomic E-state index is 0.0871. The summed E-state index contributed by atoms with van der Waals surface area (Å²) in [7, 11) is 0. The Balaban J connectivity index is 1.42. The summed E-state index contributed by atoms with van der Waals surface area (Å²) in [6.07, 6.45) is 0.831. The van der Waals surface area contributed by atoms with Gasteiger partial charge in [0.25, 0.3) is 5.91 Å². The fourth-order valence-corrected chi connectivity index (χ4v) is 3.81. The Kier molecular flexibility index (Phi) is 3.84. The van der Waals surface area contributed by atoms with Gasteiger partial charge in [-0.3, -0.25) is 10.1 Å². The molecule has 25 heavy (non-hydrogen) atoms. The van der Waals surface area contributed by atoms with Gasteiger partial charge in [-0.15, -0.1) is 0 Å². The molecule has 2 aromatic carbocycles. The Morgan fingerprint density at radius 2 is 2.12 bits per heavy atom. The van der Waals surface area contributed by atoms with Crippen molar-refractivity contribution in [3.63, 3.8) is 0 Å². The zero-order valence-electron chi connectivity index (χ0n) is 14.0. The van der Waals surface area contributed by atoms with Crippen molar-refractivity contribution in [2.24, 2.45) is 0 Å². The number of hydrogen-bond donors (Lipinski definition) is 1. The van der Waals surface area contributed by atoms with Gasteiger partial charge < -0.3 is 9.47 Å². The first kappa shape index (κ1) is 15.9. The SMILES string of the molecule is CC1(C)Cc2cccc(OCC(=O)Nc3nc4ccccc4s3)c2O1. The van der Waals surface area contributed by atoms with E-state index in [1.807, 2.05) is 56.3 Å². The number of aromatic nitrogens is 1. The highest BCUT2D eigenvalue weighted by atomic mass is 32.1. The van der Waals surface area contributed by atoms with Crippen LogP contribution in [0, 0.1) is 0 Å². The fourth-order valence-electron chi connectivity index (χ4n) is 2.93. The van der Waals surface area contributed by atoms with Crippen LogP contribution in [0.15, 0.2) is 42.5 Å². The van der Waals surface area contributed by atoms with Gasteiger partial charge in [0.05, 0.1) is 10.2 Å². The van der Waals surface area contributed by atoms with E-state index < -0.39 is 0 Å². The molecule has 5 nitrogen and oxygen atoms in total. The number of amides is 1. The number of fused-ring (bicyclic) bond motifs is 2. The lowest BCUT2D eigenvalue weighted by atomic mass is 10.0. The molecule has 0 aliphatic carbocycles. The molecule has 1 aromatic heterocycles. The van der Waals surface area contributed by atoms with Crippen molar-refractivity contribution >= 4 is 32.6 Å². The van der Waals surface area contributed by atoms with Crippen LogP contribution in [-0.4, -0.2) is 23.1 Å². The molecule has 1 amide bonds. The van der Waals surface area contributed by atoms with Crippen molar-refractivity contribution < 1.29 is 14.3 Å². The summed E-state index contributed by atoms with van der Waals surface area (Å²) in [6.45, 7) is 3.99. The number of carbonyl (C=O) groups excluding carboxylic acids is 1. The van der Waals surface area contributed by atoms with Crippen LogP contribution in [0.25, 0.3) is 10.2 Å². The maximum atomic E-state index is 12.2. The Bertz CT molecular complexity index is 916. The molecular weight excluding hydrogens is 336 g/mol. The van der Waals surface area contributed by atoms with Crippen LogP contribution in [0.1, 0.15) is 19.4 Å². The number of ether oxygens (including phenoxy) is 2. The van der Waals surface area contributed by atoms with Gasteiger partial charge in [-0.1, -0.05) is 35.6 Å². The van der Waals surface area contributed by atoms with Gasteiger partial charge in [0.1, 0.15) is 5.60 Å². The van der Waals surface area contributed by atoms with Crippen LogP contribution in [0.3, 0.4) is 0 Å². The molecule has 1 aliphatic rings. The molecular formula is C19H18N2O3S. The Morgan fingerprint density at radius 3 is 2.96 bits per heavy atom. The van der Waals surface area contributed by atoms with E-state index >= 15 is 0 Å². The second-order valence-electron chi connectivity index (χ2n) is 6.61. The number of carbonyl (C=O) groups is 1. The summed E-state index contributed by atoms with van der Waals surface area (Å²) < 4.78 is 12.7. The Hall–Kier alpha value is -2.60. The number of nitrogens with zero attached hydrogens (tertiary/aromatic N) is 1. The number of hydrogen-bond acceptors (Lipinski definition) is 5. The summed E-state index contributed by atoms with van der Waals surface area (Å²) >= 11 is 1.44. The quantitative estimate of drug-likeness (QED) is 0.768. The largest absolute Gasteiger partial charge is 0.483 e. The lowest BCUT2D eigenvalue weighted by molar-refractivity contribution is -0.118. The molecule has 0 saturated heterocycles. The normalized spacial score (nSPS) is 14.8. The van der Waals surface area contributed by atoms with E-state index in [4.69, 9.17) is 9.47 Å². The van der Waals surface area contributed by atoms with Crippen molar-refractivity contribution in [3.05, 3.63) is 48.0 Å². The number of benzene rings is 2. The highest BCUT2D eigenvalue weighted by Gasteiger charge is 2.32. The maximum absolute atomic E-state index is 12.2. The molecule has 128 valence electrons. The molecule has 0 unspecified atom stereocenters.